The van der Waals surface area contributed by atoms with E-state index in [9.17, 15) is 4.79 Å². The number of hydroxylamine groups is 1. The lowest BCUT2D eigenvalue weighted by atomic mass is 10.2. The Morgan fingerprint density at radius 3 is 2.73 bits per heavy atom. The maximum absolute atomic E-state index is 11.5. The highest BCUT2D eigenvalue weighted by Crippen LogP contribution is 2.19. The van der Waals surface area contributed by atoms with Gasteiger partial charge in [-0.1, -0.05) is 26.7 Å². The van der Waals surface area contributed by atoms with Gasteiger partial charge in [0.15, 0.2) is 0 Å². The van der Waals surface area contributed by atoms with Crippen LogP contribution in [0.3, 0.4) is 0 Å². The minimum Gasteiger partial charge on any atom is -0.316 e. The van der Waals surface area contributed by atoms with Crippen molar-refractivity contribution in [1.29, 1.82) is 0 Å². The third-order valence-corrected chi connectivity index (χ3v) is 2.78. The molecule has 0 spiro atoms. The van der Waals surface area contributed by atoms with Crippen molar-refractivity contribution in [2.24, 2.45) is 5.92 Å². The quantitative estimate of drug-likeness (QED) is 0.654. The molecule has 0 aliphatic heterocycles. The first kappa shape index (κ1) is 12.5. The van der Waals surface area contributed by atoms with Crippen molar-refractivity contribution in [3.05, 3.63) is 0 Å². The molecule has 0 aromatic carbocycles. The van der Waals surface area contributed by atoms with Gasteiger partial charge in [-0.3, -0.25) is 9.63 Å². The molecule has 1 atom stereocenters. The van der Waals surface area contributed by atoms with Crippen molar-refractivity contribution in [2.75, 3.05) is 13.1 Å². The first-order valence-corrected chi connectivity index (χ1v) is 5.90. The topological polar surface area (TPSA) is 50.4 Å². The highest BCUT2D eigenvalue weighted by Gasteiger charge is 2.18. The van der Waals surface area contributed by atoms with Gasteiger partial charge in [-0.05, 0) is 19.4 Å². The van der Waals surface area contributed by atoms with Crippen LogP contribution >= 0.6 is 0 Å². The van der Waals surface area contributed by atoms with E-state index in [1.54, 1.807) is 0 Å². The van der Waals surface area contributed by atoms with Gasteiger partial charge in [-0.25, -0.2) is 5.48 Å². The molecule has 0 aromatic rings. The molecule has 0 aromatic heterocycles. The van der Waals surface area contributed by atoms with Crippen LogP contribution in [0.15, 0.2) is 0 Å². The number of amides is 1. The van der Waals surface area contributed by atoms with E-state index in [4.69, 9.17) is 4.84 Å². The lowest BCUT2D eigenvalue weighted by Crippen LogP contribution is -2.37. The zero-order chi connectivity index (χ0) is 11.1. The minimum atomic E-state index is -0.0358. The van der Waals surface area contributed by atoms with Gasteiger partial charge in [-0.15, -0.1) is 0 Å². The Labute approximate surface area is 91.7 Å². The first-order chi connectivity index (χ1) is 7.24. The number of carbonyl (C=O) groups excluding carboxylic acids is 1. The van der Waals surface area contributed by atoms with Gasteiger partial charge in [-0.2, -0.15) is 0 Å². The van der Waals surface area contributed by atoms with Gasteiger partial charge < -0.3 is 5.32 Å². The average Bonchev–Trinajstić information content (AvgIpc) is 2.75. The maximum atomic E-state index is 11.5. The van der Waals surface area contributed by atoms with E-state index in [0.717, 1.165) is 19.4 Å². The van der Waals surface area contributed by atoms with Crippen LogP contribution in [0.25, 0.3) is 0 Å². The van der Waals surface area contributed by atoms with Gasteiger partial charge in [0, 0.05) is 12.5 Å². The standard InChI is InChI=1S/C11H22N2O2/c1-3-12-8-9(2)11(14)13-15-10-6-4-5-7-10/h9-10,12H,3-8H2,1-2H3,(H,13,14). The van der Waals surface area contributed by atoms with E-state index in [0.29, 0.717) is 6.54 Å². The van der Waals surface area contributed by atoms with Crippen molar-refractivity contribution in [3.8, 4) is 0 Å². The molecule has 0 saturated heterocycles. The van der Waals surface area contributed by atoms with Crippen LogP contribution in [-0.4, -0.2) is 25.1 Å². The smallest absolute Gasteiger partial charge is 0.247 e. The Hall–Kier alpha value is -0.610. The summed E-state index contributed by atoms with van der Waals surface area (Å²) in [5.74, 6) is -0.0609. The van der Waals surface area contributed by atoms with Gasteiger partial charge in [0.1, 0.15) is 0 Å². The second-order valence-corrected chi connectivity index (χ2v) is 4.20. The van der Waals surface area contributed by atoms with Crippen LogP contribution in [-0.2, 0) is 9.63 Å². The monoisotopic (exact) mass is 214 g/mol. The summed E-state index contributed by atoms with van der Waals surface area (Å²) < 4.78 is 0. The molecule has 1 saturated carbocycles. The zero-order valence-corrected chi connectivity index (χ0v) is 9.71. The van der Waals surface area contributed by atoms with Crippen LogP contribution < -0.4 is 10.8 Å². The summed E-state index contributed by atoms with van der Waals surface area (Å²) in [5.41, 5.74) is 2.55. The highest BCUT2D eigenvalue weighted by molar-refractivity contribution is 5.77. The van der Waals surface area contributed by atoms with Crippen molar-refractivity contribution in [2.45, 2.75) is 45.6 Å². The van der Waals surface area contributed by atoms with E-state index < -0.39 is 0 Å². The third kappa shape index (κ3) is 4.62. The van der Waals surface area contributed by atoms with E-state index >= 15 is 0 Å². The van der Waals surface area contributed by atoms with Gasteiger partial charge in [0.25, 0.3) is 0 Å². The Morgan fingerprint density at radius 2 is 2.13 bits per heavy atom. The fourth-order valence-electron chi connectivity index (χ4n) is 1.70. The van der Waals surface area contributed by atoms with Gasteiger partial charge in [0.2, 0.25) is 5.91 Å². The molecule has 1 aliphatic rings. The normalized spacial score (nSPS) is 19.1. The zero-order valence-electron chi connectivity index (χ0n) is 9.71. The van der Waals surface area contributed by atoms with Crippen LogP contribution in [0.5, 0.6) is 0 Å². The molecule has 1 fully saturated rings. The largest absolute Gasteiger partial charge is 0.316 e. The summed E-state index contributed by atoms with van der Waals surface area (Å²) in [6.45, 7) is 5.52. The molecule has 1 unspecified atom stereocenters. The van der Waals surface area contributed by atoms with Crippen molar-refractivity contribution >= 4 is 5.91 Å². The van der Waals surface area contributed by atoms with Crippen LogP contribution in [0.1, 0.15) is 39.5 Å². The van der Waals surface area contributed by atoms with E-state index in [1.807, 2.05) is 13.8 Å². The van der Waals surface area contributed by atoms with Crippen LogP contribution in [0.4, 0.5) is 0 Å². The predicted molar refractivity (Wildman–Crippen MR) is 59.2 cm³/mol. The minimum absolute atomic E-state index is 0.0251. The number of hydrogen-bond donors (Lipinski definition) is 2. The van der Waals surface area contributed by atoms with Crippen LogP contribution in [0, 0.1) is 5.92 Å². The predicted octanol–water partition coefficient (Wildman–Crippen LogP) is 1.22. The summed E-state index contributed by atoms with van der Waals surface area (Å²) in [6, 6.07) is 0. The molecular weight excluding hydrogens is 192 g/mol. The molecule has 1 aliphatic carbocycles. The third-order valence-electron chi connectivity index (χ3n) is 2.78. The second-order valence-electron chi connectivity index (χ2n) is 4.20. The van der Waals surface area contributed by atoms with E-state index in [1.165, 1.54) is 12.8 Å². The lowest BCUT2D eigenvalue weighted by molar-refractivity contribution is -0.141. The average molecular weight is 214 g/mol. The molecule has 15 heavy (non-hydrogen) atoms. The number of rotatable bonds is 6. The molecule has 2 N–H and O–H groups in total. The Bertz CT molecular complexity index is 191. The van der Waals surface area contributed by atoms with Crippen molar-refractivity contribution < 1.29 is 9.63 Å². The number of nitrogens with one attached hydrogen (secondary N) is 2. The summed E-state index contributed by atoms with van der Waals surface area (Å²) >= 11 is 0. The number of carbonyl (C=O) groups is 1. The van der Waals surface area contributed by atoms with E-state index in [-0.39, 0.29) is 17.9 Å². The van der Waals surface area contributed by atoms with Crippen molar-refractivity contribution in [3.63, 3.8) is 0 Å². The SMILES string of the molecule is CCNCC(C)C(=O)NOC1CCCC1. The molecule has 1 amide bonds. The number of hydrogen-bond acceptors (Lipinski definition) is 3. The fourth-order valence-corrected chi connectivity index (χ4v) is 1.70. The molecule has 88 valence electrons. The molecule has 4 nitrogen and oxygen atoms in total. The summed E-state index contributed by atoms with van der Waals surface area (Å²) in [4.78, 5) is 16.9. The Balaban J connectivity index is 2.11. The summed E-state index contributed by atoms with van der Waals surface area (Å²) in [6.07, 6.45) is 4.81. The van der Waals surface area contributed by atoms with E-state index in [2.05, 4.69) is 10.8 Å². The fraction of sp³-hybridized carbons (Fsp3) is 0.909. The van der Waals surface area contributed by atoms with Gasteiger partial charge in [0.05, 0.1) is 6.10 Å². The Kier molecular flexibility index (Phi) is 5.65. The highest BCUT2D eigenvalue weighted by atomic mass is 16.7. The van der Waals surface area contributed by atoms with Crippen molar-refractivity contribution in [1.82, 2.24) is 10.8 Å². The lowest BCUT2D eigenvalue weighted by Gasteiger charge is -2.15. The first-order valence-electron chi connectivity index (χ1n) is 5.90. The summed E-state index contributed by atoms with van der Waals surface area (Å²) in [7, 11) is 0. The molecule has 0 heterocycles. The molecular formula is C11H22N2O2. The molecule has 4 heteroatoms. The molecule has 0 bridgehead atoms. The van der Waals surface area contributed by atoms with Crippen LogP contribution in [0.2, 0.25) is 0 Å². The van der Waals surface area contributed by atoms with Gasteiger partial charge >= 0.3 is 0 Å². The second kappa shape index (κ2) is 6.80. The molecule has 1 rings (SSSR count). The maximum Gasteiger partial charge on any atom is 0.247 e. The summed E-state index contributed by atoms with van der Waals surface area (Å²) in [5, 5.41) is 3.14. The molecule has 0 radical (unpaired) electrons. The Morgan fingerprint density at radius 1 is 1.47 bits per heavy atom.